The summed E-state index contributed by atoms with van der Waals surface area (Å²) in [6, 6.07) is 16.9. The molecule has 0 radical (unpaired) electrons. The second kappa shape index (κ2) is 6.10. The average molecular weight is 330 g/mol. The molecule has 124 valence electrons. The molecule has 1 heterocycles. The minimum atomic E-state index is -1.18. The van der Waals surface area contributed by atoms with Crippen LogP contribution in [0.1, 0.15) is 36.3 Å². The van der Waals surface area contributed by atoms with Crippen LogP contribution in [0.3, 0.4) is 0 Å². The fraction of sp³-hybridized carbons (Fsp3) is 0.238. The molecule has 1 N–H and O–H groups in total. The van der Waals surface area contributed by atoms with Gasteiger partial charge >= 0.3 is 5.97 Å². The van der Waals surface area contributed by atoms with Crippen molar-refractivity contribution in [2.45, 2.75) is 31.2 Å². The van der Waals surface area contributed by atoms with E-state index in [1.807, 2.05) is 12.1 Å². The molecular weight excluding hydrogens is 312 g/mol. The maximum absolute atomic E-state index is 11.1. The van der Waals surface area contributed by atoms with E-state index in [0.717, 1.165) is 12.0 Å². The van der Waals surface area contributed by atoms with Crippen LogP contribution in [0.5, 0.6) is 0 Å². The molecule has 1 fully saturated rings. The number of benzene rings is 2. The van der Waals surface area contributed by atoms with Crippen LogP contribution in [-0.4, -0.2) is 17.1 Å². The summed E-state index contributed by atoms with van der Waals surface area (Å²) < 4.78 is 0. The lowest BCUT2D eigenvalue weighted by Crippen LogP contribution is -2.26. The van der Waals surface area contributed by atoms with Crippen LogP contribution in [0.2, 0.25) is 0 Å². The molecule has 1 aliphatic heterocycles. The third kappa shape index (κ3) is 2.58. The molecule has 4 heteroatoms. The fourth-order valence-electron chi connectivity index (χ4n) is 4.19. The monoisotopic (exact) mass is 330 g/mol. The van der Waals surface area contributed by atoms with Gasteiger partial charge in [0.05, 0.1) is 6.57 Å². The van der Waals surface area contributed by atoms with Crippen molar-refractivity contribution in [2.75, 3.05) is 4.90 Å². The Kier molecular flexibility index (Phi) is 3.77. The summed E-state index contributed by atoms with van der Waals surface area (Å²) in [6.07, 6.45) is 5.00. The maximum Gasteiger partial charge on any atom is 0.333 e. The van der Waals surface area contributed by atoms with Crippen molar-refractivity contribution in [3.63, 3.8) is 0 Å². The smallest absolute Gasteiger partial charge is 0.333 e. The molecule has 0 spiro atoms. The fourth-order valence-corrected chi connectivity index (χ4v) is 4.19. The number of carboxylic acids is 1. The first-order chi connectivity index (χ1) is 12.2. The number of hydrogen-bond donors (Lipinski definition) is 1. The molecule has 4 nitrogen and oxygen atoms in total. The minimum absolute atomic E-state index is 0.249. The average Bonchev–Trinajstić information content (AvgIpc) is 3.20. The van der Waals surface area contributed by atoms with Crippen molar-refractivity contribution in [3.8, 4) is 0 Å². The molecule has 2 unspecified atom stereocenters. The van der Waals surface area contributed by atoms with Gasteiger partial charge in [-0.15, -0.1) is 0 Å². The Morgan fingerprint density at radius 2 is 2.00 bits per heavy atom. The lowest BCUT2D eigenvalue weighted by Gasteiger charge is -2.27. The largest absolute Gasteiger partial charge is 0.486 e. The third-order valence-electron chi connectivity index (χ3n) is 5.20. The highest BCUT2D eigenvalue weighted by Gasteiger charge is 2.41. The molecule has 2 aliphatic rings. The van der Waals surface area contributed by atoms with Crippen LogP contribution < -0.4 is 4.90 Å². The van der Waals surface area contributed by atoms with E-state index in [0.29, 0.717) is 12.0 Å². The highest BCUT2D eigenvalue weighted by Crippen LogP contribution is 2.52. The normalized spacial score (nSPS) is 21.6. The van der Waals surface area contributed by atoms with E-state index in [4.69, 9.17) is 11.7 Å². The van der Waals surface area contributed by atoms with E-state index in [1.54, 1.807) is 0 Å². The molecule has 2 aromatic rings. The van der Waals surface area contributed by atoms with E-state index >= 15 is 0 Å². The zero-order valence-corrected chi connectivity index (χ0v) is 13.7. The Labute approximate surface area is 146 Å². The second-order valence-electron chi connectivity index (χ2n) is 6.58. The van der Waals surface area contributed by atoms with Gasteiger partial charge in [-0.05, 0) is 48.2 Å². The molecule has 2 aromatic carbocycles. The lowest BCUT2D eigenvalue weighted by atomic mass is 9.96. The molecule has 0 bridgehead atoms. The highest BCUT2D eigenvalue weighted by atomic mass is 16.4. The molecule has 0 saturated heterocycles. The molecule has 0 aromatic heterocycles. The second-order valence-corrected chi connectivity index (χ2v) is 6.58. The molecule has 2 atom stereocenters. The van der Waals surface area contributed by atoms with Crippen LogP contribution in [0.15, 0.2) is 54.2 Å². The summed E-state index contributed by atoms with van der Waals surface area (Å²) >= 11 is 0. The number of anilines is 2. The maximum atomic E-state index is 11.1. The Morgan fingerprint density at radius 3 is 2.72 bits per heavy atom. The quantitative estimate of drug-likeness (QED) is 0.648. The zero-order chi connectivity index (χ0) is 17.4. The predicted molar refractivity (Wildman–Crippen MR) is 97.6 cm³/mol. The van der Waals surface area contributed by atoms with E-state index in [-0.39, 0.29) is 5.70 Å². The minimum Gasteiger partial charge on any atom is -0.486 e. The van der Waals surface area contributed by atoms with Gasteiger partial charge in [-0.1, -0.05) is 36.8 Å². The summed E-state index contributed by atoms with van der Waals surface area (Å²) in [7, 11) is 0. The number of hydrogen-bond acceptors (Lipinski definition) is 2. The van der Waals surface area contributed by atoms with Gasteiger partial charge < -0.3 is 10.0 Å². The van der Waals surface area contributed by atoms with Crippen LogP contribution in [0.25, 0.3) is 10.9 Å². The van der Waals surface area contributed by atoms with Gasteiger partial charge in [0, 0.05) is 23.3 Å². The molecular formula is C21H18N2O2. The van der Waals surface area contributed by atoms with E-state index < -0.39 is 5.97 Å². The van der Waals surface area contributed by atoms with Crippen molar-refractivity contribution in [1.82, 2.24) is 0 Å². The summed E-state index contributed by atoms with van der Waals surface area (Å²) in [5.41, 5.74) is 4.22. The first-order valence-corrected chi connectivity index (χ1v) is 8.49. The summed E-state index contributed by atoms with van der Waals surface area (Å²) in [5, 5.41) is 9.08. The summed E-state index contributed by atoms with van der Waals surface area (Å²) in [4.78, 5) is 16.6. The van der Waals surface area contributed by atoms with Gasteiger partial charge in [-0.25, -0.2) is 4.85 Å². The van der Waals surface area contributed by atoms with Gasteiger partial charge in [-0.2, -0.15) is 0 Å². The van der Waals surface area contributed by atoms with Crippen molar-refractivity contribution >= 4 is 23.4 Å². The van der Waals surface area contributed by atoms with Gasteiger partial charge in [-0.3, -0.25) is 4.79 Å². The van der Waals surface area contributed by atoms with Gasteiger partial charge in [0.25, 0.3) is 5.70 Å². The molecule has 4 rings (SSSR count). The summed E-state index contributed by atoms with van der Waals surface area (Å²) in [6.45, 7) is 7.02. The number of fused-ring (bicyclic) bond motifs is 3. The predicted octanol–water partition coefficient (Wildman–Crippen LogP) is 4.82. The van der Waals surface area contributed by atoms with Crippen molar-refractivity contribution in [2.24, 2.45) is 0 Å². The Bertz CT molecular complexity index is 896. The topological polar surface area (TPSA) is 44.9 Å². The third-order valence-corrected chi connectivity index (χ3v) is 5.20. The molecule has 1 aliphatic carbocycles. The Hall–Kier alpha value is -3.06. The van der Waals surface area contributed by atoms with Gasteiger partial charge in [0.2, 0.25) is 0 Å². The standard InChI is InChI=1S/C21H18N2O2/c1-22-18(21(24)25)13-14-10-11-20-17(12-14)16-8-5-9-19(16)23(20)15-6-3-2-4-7-15/h2-4,6-7,10-13,16,19H,5,8-9H2,(H,24,25)/b18-13-. The number of nitrogens with zero attached hydrogens (tertiary/aromatic N) is 2. The lowest BCUT2D eigenvalue weighted by molar-refractivity contribution is -0.132. The van der Waals surface area contributed by atoms with E-state index in [2.05, 4.69) is 46.1 Å². The molecule has 0 amide bonds. The first kappa shape index (κ1) is 15.5. The number of para-hydroxylation sites is 1. The Morgan fingerprint density at radius 1 is 1.20 bits per heavy atom. The number of carboxylic acid groups (broad SMARTS) is 1. The number of aliphatic carboxylic acids is 1. The highest BCUT2D eigenvalue weighted by molar-refractivity contribution is 5.94. The number of rotatable bonds is 3. The van der Waals surface area contributed by atoms with E-state index in [9.17, 15) is 4.79 Å². The molecule has 25 heavy (non-hydrogen) atoms. The van der Waals surface area contributed by atoms with Crippen molar-refractivity contribution in [3.05, 3.63) is 76.8 Å². The SMILES string of the molecule is [C-]#[N+]/C(=C\c1ccc2c(c1)C1CCCC1N2c1ccccc1)C(=O)O. The Balaban J connectivity index is 1.79. The first-order valence-electron chi connectivity index (χ1n) is 8.49. The molecule has 1 saturated carbocycles. The van der Waals surface area contributed by atoms with Crippen LogP contribution >= 0.6 is 0 Å². The van der Waals surface area contributed by atoms with Gasteiger partial charge in [0.1, 0.15) is 0 Å². The summed E-state index contributed by atoms with van der Waals surface area (Å²) in [5.74, 6) is -0.704. The zero-order valence-electron chi connectivity index (χ0n) is 13.7. The van der Waals surface area contributed by atoms with E-state index in [1.165, 1.54) is 35.9 Å². The number of carbonyl (C=O) groups is 1. The van der Waals surface area contributed by atoms with Crippen molar-refractivity contribution in [1.29, 1.82) is 0 Å². The van der Waals surface area contributed by atoms with Crippen molar-refractivity contribution < 1.29 is 9.90 Å². The van der Waals surface area contributed by atoms with Crippen LogP contribution in [-0.2, 0) is 4.79 Å². The van der Waals surface area contributed by atoms with Crippen LogP contribution in [0, 0.1) is 6.57 Å². The van der Waals surface area contributed by atoms with Gasteiger partial charge in [0.15, 0.2) is 0 Å². The van der Waals surface area contributed by atoms with Crippen LogP contribution in [0.4, 0.5) is 11.4 Å².